The Morgan fingerprint density at radius 3 is 2.23 bits per heavy atom. The summed E-state index contributed by atoms with van der Waals surface area (Å²) < 4.78 is 4.99. The van der Waals surface area contributed by atoms with E-state index < -0.39 is 5.91 Å². The highest BCUT2D eigenvalue weighted by molar-refractivity contribution is 5.75. The second-order valence-electron chi connectivity index (χ2n) is 2.59. The molecule has 0 aliphatic carbocycles. The van der Waals surface area contributed by atoms with E-state index >= 15 is 0 Å². The molecule has 5 nitrogen and oxygen atoms in total. The Kier molecular flexibility index (Phi) is 2.59. The monoisotopic (exact) mass is 181 g/mol. The van der Waals surface area contributed by atoms with Gasteiger partial charge in [0.1, 0.15) is 5.75 Å². The van der Waals surface area contributed by atoms with Crippen LogP contribution in [0.2, 0.25) is 0 Å². The number of carbonyl (C=O) groups excluding carboxylic acids is 1. The van der Waals surface area contributed by atoms with E-state index in [1.807, 2.05) is 0 Å². The van der Waals surface area contributed by atoms with E-state index in [4.69, 9.17) is 21.9 Å². The van der Waals surface area contributed by atoms with Gasteiger partial charge >= 0.3 is 0 Å². The van der Waals surface area contributed by atoms with Crippen molar-refractivity contribution in [3.63, 3.8) is 0 Å². The van der Waals surface area contributed by atoms with Crippen LogP contribution in [0.25, 0.3) is 0 Å². The normalized spacial score (nSPS) is 9.54. The predicted octanol–water partition coefficient (Wildman–Crippen LogP) is -0.285. The van der Waals surface area contributed by atoms with E-state index in [1.54, 1.807) is 18.2 Å². The molecule has 0 heterocycles. The Hall–Kier alpha value is -1.91. The van der Waals surface area contributed by atoms with Gasteiger partial charge in [0.25, 0.3) is 5.91 Å². The average molecular weight is 181 g/mol. The maximum atomic E-state index is 10.4. The van der Waals surface area contributed by atoms with Gasteiger partial charge in [0.2, 0.25) is 0 Å². The molecule has 0 saturated heterocycles. The lowest BCUT2D eigenvalue weighted by Crippen LogP contribution is -2.20. The van der Waals surface area contributed by atoms with Crippen molar-refractivity contribution in [3.05, 3.63) is 18.2 Å². The minimum atomic E-state index is -0.541. The fraction of sp³-hybridized carbons (Fsp3) is 0.125. The number of amides is 1. The summed E-state index contributed by atoms with van der Waals surface area (Å²) in [6, 6.07) is 4.73. The number of hydrogen-bond donors (Lipinski definition) is 3. The highest BCUT2D eigenvalue weighted by atomic mass is 16.5. The first-order valence-electron chi connectivity index (χ1n) is 3.65. The molecule has 6 N–H and O–H groups in total. The van der Waals surface area contributed by atoms with Gasteiger partial charge in [-0.05, 0) is 6.07 Å². The standard InChI is InChI=1S/C8H11N3O2/c9-5-1-6(10)3-7(2-5)13-4-8(11)12/h1-3H,4,9-10H2,(H2,11,12). The van der Waals surface area contributed by atoms with Crippen LogP contribution in [0, 0.1) is 0 Å². The Bertz CT molecular complexity index is 305. The largest absolute Gasteiger partial charge is 0.484 e. The lowest BCUT2D eigenvalue weighted by atomic mass is 10.3. The lowest BCUT2D eigenvalue weighted by molar-refractivity contribution is -0.119. The molecule has 1 aromatic rings. The highest BCUT2D eigenvalue weighted by Gasteiger charge is 1.99. The number of hydrogen-bond acceptors (Lipinski definition) is 4. The van der Waals surface area contributed by atoms with Crippen molar-refractivity contribution >= 4 is 17.3 Å². The van der Waals surface area contributed by atoms with Crippen LogP contribution < -0.4 is 21.9 Å². The number of ether oxygens (including phenoxy) is 1. The van der Waals surface area contributed by atoms with Gasteiger partial charge < -0.3 is 21.9 Å². The van der Waals surface area contributed by atoms with E-state index in [1.165, 1.54) is 0 Å². The van der Waals surface area contributed by atoms with E-state index in [0.29, 0.717) is 17.1 Å². The molecule has 0 fully saturated rings. The van der Waals surface area contributed by atoms with Crippen molar-refractivity contribution in [1.82, 2.24) is 0 Å². The van der Waals surface area contributed by atoms with Gasteiger partial charge in [-0.3, -0.25) is 4.79 Å². The second kappa shape index (κ2) is 3.66. The van der Waals surface area contributed by atoms with Gasteiger partial charge in [0, 0.05) is 23.5 Å². The molecule has 0 aliphatic rings. The van der Waals surface area contributed by atoms with E-state index in [9.17, 15) is 4.79 Å². The zero-order chi connectivity index (χ0) is 9.84. The molecule has 0 bridgehead atoms. The summed E-state index contributed by atoms with van der Waals surface area (Å²) >= 11 is 0. The zero-order valence-corrected chi connectivity index (χ0v) is 6.99. The lowest BCUT2D eigenvalue weighted by Gasteiger charge is -2.05. The fourth-order valence-electron chi connectivity index (χ4n) is 0.884. The van der Waals surface area contributed by atoms with Crippen LogP contribution in [0.1, 0.15) is 0 Å². The minimum Gasteiger partial charge on any atom is -0.484 e. The number of benzene rings is 1. The minimum absolute atomic E-state index is 0.178. The van der Waals surface area contributed by atoms with Gasteiger partial charge in [0.15, 0.2) is 6.61 Å². The first-order chi connectivity index (χ1) is 6.08. The summed E-state index contributed by atoms with van der Waals surface area (Å²) in [7, 11) is 0. The second-order valence-corrected chi connectivity index (χ2v) is 2.59. The smallest absolute Gasteiger partial charge is 0.255 e. The molecule has 0 radical (unpaired) electrons. The molecule has 0 aliphatic heterocycles. The van der Waals surface area contributed by atoms with Gasteiger partial charge in [-0.15, -0.1) is 0 Å². The van der Waals surface area contributed by atoms with E-state index in [2.05, 4.69) is 0 Å². The Morgan fingerprint density at radius 2 is 1.77 bits per heavy atom. The maximum Gasteiger partial charge on any atom is 0.255 e. The van der Waals surface area contributed by atoms with Crippen molar-refractivity contribution < 1.29 is 9.53 Å². The molecular weight excluding hydrogens is 170 g/mol. The molecule has 0 saturated carbocycles. The summed E-state index contributed by atoms with van der Waals surface area (Å²) in [6.45, 7) is -0.178. The SMILES string of the molecule is NC(=O)COc1cc(N)cc(N)c1. The van der Waals surface area contributed by atoms with Crippen molar-refractivity contribution in [1.29, 1.82) is 0 Å². The van der Waals surface area contributed by atoms with Crippen LogP contribution in [-0.2, 0) is 4.79 Å². The molecule has 13 heavy (non-hydrogen) atoms. The van der Waals surface area contributed by atoms with Crippen molar-refractivity contribution in [2.45, 2.75) is 0 Å². The zero-order valence-electron chi connectivity index (χ0n) is 6.99. The number of rotatable bonds is 3. The summed E-state index contributed by atoms with van der Waals surface area (Å²) in [5, 5.41) is 0. The maximum absolute atomic E-state index is 10.4. The predicted molar refractivity (Wildman–Crippen MR) is 50.0 cm³/mol. The topological polar surface area (TPSA) is 104 Å². The fourth-order valence-corrected chi connectivity index (χ4v) is 0.884. The van der Waals surface area contributed by atoms with Crippen LogP contribution in [0.3, 0.4) is 0 Å². The molecule has 0 spiro atoms. The van der Waals surface area contributed by atoms with Gasteiger partial charge in [-0.2, -0.15) is 0 Å². The van der Waals surface area contributed by atoms with Gasteiger partial charge in [-0.25, -0.2) is 0 Å². The average Bonchev–Trinajstić information content (AvgIpc) is 1.99. The summed E-state index contributed by atoms with van der Waals surface area (Å²) in [6.07, 6.45) is 0. The number of anilines is 2. The Balaban J connectivity index is 2.71. The molecule has 1 rings (SSSR count). The van der Waals surface area contributed by atoms with Crippen LogP contribution in [0.4, 0.5) is 11.4 Å². The first-order valence-corrected chi connectivity index (χ1v) is 3.65. The van der Waals surface area contributed by atoms with E-state index in [-0.39, 0.29) is 6.61 Å². The molecule has 1 aromatic carbocycles. The molecule has 0 aromatic heterocycles. The molecule has 5 heteroatoms. The van der Waals surface area contributed by atoms with Crippen LogP contribution in [0.15, 0.2) is 18.2 Å². The third-order valence-electron chi connectivity index (χ3n) is 1.33. The van der Waals surface area contributed by atoms with Crippen LogP contribution >= 0.6 is 0 Å². The van der Waals surface area contributed by atoms with E-state index in [0.717, 1.165) is 0 Å². The Morgan fingerprint density at radius 1 is 1.23 bits per heavy atom. The Labute approximate surface area is 75.5 Å². The van der Waals surface area contributed by atoms with Gasteiger partial charge in [0.05, 0.1) is 0 Å². The third-order valence-corrected chi connectivity index (χ3v) is 1.33. The molecule has 0 unspecified atom stereocenters. The van der Waals surface area contributed by atoms with Crippen molar-refractivity contribution in [3.8, 4) is 5.75 Å². The molecule has 70 valence electrons. The number of nitrogen functional groups attached to an aromatic ring is 2. The quantitative estimate of drug-likeness (QED) is 0.557. The molecule has 1 amide bonds. The highest BCUT2D eigenvalue weighted by Crippen LogP contribution is 2.19. The van der Waals surface area contributed by atoms with Gasteiger partial charge in [-0.1, -0.05) is 0 Å². The summed E-state index contributed by atoms with van der Waals surface area (Å²) in [5.41, 5.74) is 16.8. The van der Waals surface area contributed by atoms with Crippen molar-refractivity contribution in [2.75, 3.05) is 18.1 Å². The van der Waals surface area contributed by atoms with Crippen molar-refractivity contribution in [2.24, 2.45) is 5.73 Å². The number of nitrogens with two attached hydrogens (primary N) is 3. The molecule has 0 atom stereocenters. The third kappa shape index (κ3) is 2.90. The number of carbonyl (C=O) groups is 1. The number of primary amides is 1. The van der Waals surface area contributed by atoms with Crippen LogP contribution in [-0.4, -0.2) is 12.5 Å². The van der Waals surface area contributed by atoms with Crippen LogP contribution in [0.5, 0.6) is 5.75 Å². The first kappa shape index (κ1) is 9.18. The molecular formula is C8H11N3O2. The summed E-state index contributed by atoms with van der Waals surface area (Å²) in [4.78, 5) is 10.4. The summed E-state index contributed by atoms with van der Waals surface area (Å²) in [5.74, 6) is -0.0997.